The van der Waals surface area contributed by atoms with Crippen LogP contribution < -0.4 is 4.74 Å². The van der Waals surface area contributed by atoms with Crippen LogP contribution in [0.15, 0.2) is 41.0 Å². The molecule has 196 valence electrons. The van der Waals surface area contributed by atoms with E-state index in [1.165, 1.54) is 0 Å². The van der Waals surface area contributed by atoms with Crippen LogP contribution in [-0.2, 0) is 19.1 Å². The van der Waals surface area contributed by atoms with Crippen molar-refractivity contribution in [2.75, 3.05) is 20.3 Å². The first kappa shape index (κ1) is 26.5. The Morgan fingerprint density at radius 2 is 1.56 bits per heavy atom. The molecular weight excluding hydrogens is 454 g/mol. The van der Waals surface area contributed by atoms with Gasteiger partial charge in [-0.15, -0.1) is 0 Å². The first-order valence-corrected chi connectivity index (χ1v) is 13.0. The fourth-order valence-electron chi connectivity index (χ4n) is 6.83. The van der Waals surface area contributed by atoms with E-state index < -0.39 is 22.2 Å². The van der Waals surface area contributed by atoms with Crippen molar-refractivity contribution >= 4 is 17.4 Å². The number of ether oxygens (including phenoxy) is 3. The van der Waals surface area contributed by atoms with E-state index in [0.29, 0.717) is 17.8 Å². The van der Waals surface area contributed by atoms with Gasteiger partial charge in [-0.2, -0.15) is 0 Å². The molecule has 0 aromatic heterocycles. The highest BCUT2D eigenvalue weighted by Crippen LogP contribution is 2.78. The summed E-state index contributed by atoms with van der Waals surface area (Å²) in [5.74, 6) is 0.275. The molecule has 1 amide bonds. The minimum Gasteiger partial charge on any atom is -0.497 e. The number of carbonyl (C=O) groups is 2. The monoisotopic (exact) mass is 495 g/mol. The van der Waals surface area contributed by atoms with Crippen LogP contribution in [0.25, 0.3) is 5.57 Å². The second-order valence-corrected chi connectivity index (χ2v) is 11.8. The van der Waals surface area contributed by atoms with Gasteiger partial charge in [0, 0.05) is 28.5 Å². The van der Waals surface area contributed by atoms with E-state index in [1.54, 1.807) is 7.11 Å². The first-order chi connectivity index (χ1) is 16.7. The van der Waals surface area contributed by atoms with Gasteiger partial charge in [-0.3, -0.25) is 4.79 Å². The van der Waals surface area contributed by atoms with Gasteiger partial charge < -0.3 is 19.1 Å². The maximum Gasteiger partial charge on any atom is 0.335 e. The Labute approximate surface area is 215 Å². The standard InChI is InChI=1S/C30H41NO5/c1-17(2)31(18(3)4)26(32)24-25(27(33)36-16-22-15-35-22)30(9)23(19(5)29(24,8)28(30,6)7)20-11-13-21(34-10)14-12-20/h11-14,17-18,22H,15-16H2,1-10H3. The summed E-state index contributed by atoms with van der Waals surface area (Å²) in [5.41, 5.74) is 2.47. The number of hydrogen-bond acceptors (Lipinski definition) is 5. The summed E-state index contributed by atoms with van der Waals surface area (Å²) in [5, 5.41) is 0. The number of hydrogen-bond donors (Lipinski definition) is 0. The molecule has 1 heterocycles. The van der Waals surface area contributed by atoms with E-state index in [4.69, 9.17) is 14.2 Å². The fraction of sp³-hybridized carbons (Fsp3) is 0.600. The molecule has 0 radical (unpaired) electrons. The minimum atomic E-state index is -0.730. The lowest BCUT2D eigenvalue weighted by Gasteiger charge is -2.43. The van der Waals surface area contributed by atoms with Crippen LogP contribution in [0.1, 0.15) is 67.9 Å². The molecule has 6 heteroatoms. The van der Waals surface area contributed by atoms with Gasteiger partial charge in [0.15, 0.2) is 0 Å². The average Bonchev–Trinajstić information content (AvgIpc) is 3.60. The molecule has 3 atom stereocenters. The van der Waals surface area contributed by atoms with E-state index in [9.17, 15) is 9.59 Å². The average molecular weight is 496 g/mol. The van der Waals surface area contributed by atoms with E-state index in [0.717, 1.165) is 22.5 Å². The maximum absolute atomic E-state index is 14.4. The number of epoxide rings is 1. The zero-order valence-corrected chi connectivity index (χ0v) is 23.4. The van der Waals surface area contributed by atoms with E-state index in [2.05, 4.69) is 34.6 Å². The molecule has 1 fully saturated rings. The van der Waals surface area contributed by atoms with Gasteiger partial charge in [-0.05, 0) is 63.3 Å². The van der Waals surface area contributed by atoms with Crippen LogP contribution in [0.2, 0.25) is 0 Å². The smallest absolute Gasteiger partial charge is 0.335 e. The number of esters is 1. The number of nitrogens with zero attached hydrogens (tertiary/aromatic N) is 1. The van der Waals surface area contributed by atoms with Gasteiger partial charge in [0.2, 0.25) is 0 Å². The molecular formula is C30H41NO5. The predicted molar refractivity (Wildman–Crippen MR) is 140 cm³/mol. The van der Waals surface area contributed by atoms with Gasteiger partial charge >= 0.3 is 5.97 Å². The summed E-state index contributed by atoms with van der Waals surface area (Å²) in [6.07, 6.45) is -0.0511. The lowest BCUT2D eigenvalue weighted by molar-refractivity contribution is -0.141. The Morgan fingerprint density at radius 3 is 2.03 bits per heavy atom. The van der Waals surface area contributed by atoms with Crippen molar-refractivity contribution in [3.05, 3.63) is 46.5 Å². The number of allylic oxidation sites excluding steroid dienone is 2. The van der Waals surface area contributed by atoms with Crippen molar-refractivity contribution in [3.63, 3.8) is 0 Å². The summed E-state index contributed by atoms with van der Waals surface area (Å²) in [7, 11) is 1.65. The molecule has 2 bridgehead atoms. The molecule has 0 spiro atoms. The third-order valence-electron chi connectivity index (χ3n) is 9.32. The molecule has 3 aliphatic rings. The van der Waals surface area contributed by atoms with Crippen LogP contribution in [0.3, 0.4) is 0 Å². The second kappa shape index (κ2) is 8.76. The Bertz CT molecular complexity index is 1130. The Balaban J connectivity index is 1.96. The Kier molecular flexibility index (Phi) is 6.44. The summed E-state index contributed by atoms with van der Waals surface area (Å²) in [4.78, 5) is 30.2. The van der Waals surface area contributed by atoms with Crippen LogP contribution in [0.5, 0.6) is 5.75 Å². The zero-order valence-electron chi connectivity index (χ0n) is 23.4. The SMILES string of the molecule is COc1ccc(C2=C(C)C3(C)C(C(=O)N(C(C)C)C(C)C)=C(C(=O)OCC4CO4)C2(C)C3(C)C)cc1. The highest BCUT2D eigenvalue weighted by molar-refractivity contribution is 6.11. The normalized spacial score (nSPS) is 28.3. The van der Waals surface area contributed by atoms with E-state index in [1.807, 2.05) is 56.9 Å². The fourth-order valence-corrected chi connectivity index (χ4v) is 6.83. The van der Waals surface area contributed by atoms with Crippen LogP contribution in [0, 0.1) is 16.2 Å². The summed E-state index contributed by atoms with van der Waals surface area (Å²) in [6, 6.07) is 7.95. The highest BCUT2D eigenvalue weighted by Gasteiger charge is 2.73. The minimum absolute atomic E-state index is 0.00822. The van der Waals surface area contributed by atoms with Gasteiger partial charge in [0.05, 0.1) is 19.3 Å². The van der Waals surface area contributed by atoms with Crippen LogP contribution >= 0.6 is 0 Å². The molecule has 1 aliphatic heterocycles. The molecule has 2 aliphatic carbocycles. The first-order valence-electron chi connectivity index (χ1n) is 13.0. The molecule has 6 nitrogen and oxygen atoms in total. The number of benzene rings is 1. The summed E-state index contributed by atoms with van der Waals surface area (Å²) < 4.78 is 16.5. The van der Waals surface area contributed by atoms with Gasteiger partial charge in [0.25, 0.3) is 5.91 Å². The van der Waals surface area contributed by atoms with Crippen LogP contribution in [0.4, 0.5) is 0 Å². The van der Waals surface area contributed by atoms with Crippen molar-refractivity contribution in [2.24, 2.45) is 16.2 Å². The molecule has 0 saturated carbocycles. The Morgan fingerprint density at radius 1 is 1.00 bits per heavy atom. The molecule has 4 rings (SSSR count). The molecule has 0 N–H and O–H groups in total. The number of rotatable bonds is 8. The molecule has 1 saturated heterocycles. The topological polar surface area (TPSA) is 68.4 Å². The number of amides is 1. The number of methoxy groups -OCH3 is 1. The summed E-state index contributed by atoms with van der Waals surface area (Å²) in [6.45, 7) is 19.6. The lowest BCUT2D eigenvalue weighted by Crippen LogP contribution is -2.47. The molecule has 1 aromatic carbocycles. The van der Waals surface area contributed by atoms with Crippen molar-refractivity contribution in [1.29, 1.82) is 0 Å². The van der Waals surface area contributed by atoms with Crippen molar-refractivity contribution in [3.8, 4) is 5.75 Å². The second-order valence-electron chi connectivity index (χ2n) is 11.8. The Hall–Kier alpha value is -2.60. The quantitative estimate of drug-likeness (QED) is 0.356. The lowest BCUT2D eigenvalue weighted by atomic mass is 9.59. The molecule has 3 unspecified atom stereocenters. The largest absolute Gasteiger partial charge is 0.497 e. The summed E-state index contributed by atoms with van der Waals surface area (Å²) >= 11 is 0. The van der Waals surface area contributed by atoms with Gasteiger partial charge in [0.1, 0.15) is 18.5 Å². The third kappa shape index (κ3) is 3.47. The maximum atomic E-state index is 14.4. The van der Waals surface area contributed by atoms with Gasteiger partial charge in [-0.25, -0.2) is 4.79 Å². The van der Waals surface area contributed by atoms with Gasteiger partial charge in [-0.1, -0.05) is 45.4 Å². The van der Waals surface area contributed by atoms with E-state index >= 15 is 0 Å². The van der Waals surface area contributed by atoms with Crippen molar-refractivity contribution in [1.82, 2.24) is 4.90 Å². The zero-order chi connectivity index (χ0) is 26.8. The number of carbonyl (C=O) groups excluding carboxylic acids is 2. The van der Waals surface area contributed by atoms with E-state index in [-0.39, 0.29) is 30.7 Å². The van der Waals surface area contributed by atoms with Crippen molar-refractivity contribution in [2.45, 2.75) is 80.5 Å². The van der Waals surface area contributed by atoms with Crippen LogP contribution in [-0.4, -0.2) is 55.3 Å². The molecule has 36 heavy (non-hydrogen) atoms. The van der Waals surface area contributed by atoms with Crippen molar-refractivity contribution < 1.29 is 23.8 Å². The third-order valence-corrected chi connectivity index (χ3v) is 9.32. The predicted octanol–water partition coefficient (Wildman–Crippen LogP) is 5.42. The molecule has 1 aromatic rings. The number of fused-ring (bicyclic) bond motifs is 2. The highest BCUT2D eigenvalue weighted by atomic mass is 16.6.